The van der Waals surface area contributed by atoms with E-state index >= 15 is 0 Å². The minimum absolute atomic E-state index is 0.0717. The van der Waals surface area contributed by atoms with Gasteiger partial charge in [-0.25, -0.2) is 8.42 Å². The number of hydrogen-bond acceptors (Lipinski definition) is 5. The van der Waals surface area contributed by atoms with Crippen LogP contribution in [0.3, 0.4) is 0 Å². The van der Waals surface area contributed by atoms with E-state index in [1.54, 1.807) is 65.6 Å². The van der Waals surface area contributed by atoms with Gasteiger partial charge in [0.25, 0.3) is 15.9 Å². The Morgan fingerprint density at radius 2 is 1.57 bits per heavy atom. The van der Waals surface area contributed by atoms with Crippen LogP contribution in [0.15, 0.2) is 77.7 Å². The minimum Gasteiger partial charge on any atom is -0.497 e. The lowest BCUT2D eigenvalue weighted by Crippen LogP contribution is -2.39. The van der Waals surface area contributed by atoms with Gasteiger partial charge in [-0.1, -0.05) is 29.8 Å². The second kappa shape index (κ2) is 11.5. The zero-order valence-electron chi connectivity index (χ0n) is 21.0. The number of rotatable bonds is 8. The predicted molar refractivity (Wildman–Crippen MR) is 144 cm³/mol. The molecule has 1 heterocycles. The fourth-order valence-corrected chi connectivity index (χ4v) is 5.69. The van der Waals surface area contributed by atoms with Gasteiger partial charge >= 0.3 is 0 Å². The highest BCUT2D eigenvalue weighted by Crippen LogP contribution is 2.27. The van der Waals surface area contributed by atoms with Crippen LogP contribution in [0.5, 0.6) is 5.75 Å². The predicted octanol–water partition coefficient (Wildman–Crippen LogP) is 4.46. The van der Waals surface area contributed by atoms with E-state index < -0.39 is 22.5 Å². The molecule has 2 amide bonds. The number of likely N-dealkylation sites (tertiary alicyclic amines) is 1. The fraction of sp³-hybridized carbons (Fsp3) is 0.286. The molecule has 194 valence electrons. The fourth-order valence-electron chi connectivity index (χ4n) is 4.27. The van der Waals surface area contributed by atoms with Crippen molar-refractivity contribution in [3.05, 3.63) is 83.9 Å². The van der Waals surface area contributed by atoms with Crippen LogP contribution >= 0.6 is 0 Å². The van der Waals surface area contributed by atoms with Gasteiger partial charge in [0.15, 0.2) is 0 Å². The van der Waals surface area contributed by atoms with E-state index in [0.29, 0.717) is 35.8 Å². The van der Waals surface area contributed by atoms with Crippen molar-refractivity contribution in [2.24, 2.45) is 0 Å². The zero-order chi connectivity index (χ0) is 26.4. The highest BCUT2D eigenvalue weighted by molar-refractivity contribution is 7.92. The zero-order valence-corrected chi connectivity index (χ0v) is 21.8. The minimum atomic E-state index is -4.06. The van der Waals surface area contributed by atoms with Gasteiger partial charge in [0.2, 0.25) is 5.91 Å². The molecule has 0 aliphatic carbocycles. The van der Waals surface area contributed by atoms with Gasteiger partial charge in [0.1, 0.15) is 12.3 Å². The number of carbonyl (C=O) groups excluding carboxylic acids is 2. The Morgan fingerprint density at radius 3 is 2.22 bits per heavy atom. The van der Waals surface area contributed by atoms with E-state index in [0.717, 1.165) is 29.1 Å². The molecule has 0 saturated carbocycles. The summed E-state index contributed by atoms with van der Waals surface area (Å²) < 4.78 is 33.5. The topological polar surface area (TPSA) is 96.0 Å². The van der Waals surface area contributed by atoms with Crippen molar-refractivity contribution in [3.63, 3.8) is 0 Å². The van der Waals surface area contributed by atoms with Gasteiger partial charge in [0, 0.05) is 13.1 Å². The normalized spacial score (nSPS) is 13.6. The largest absolute Gasteiger partial charge is 0.497 e. The van der Waals surface area contributed by atoms with Crippen LogP contribution in [-0.2, 0) is 14.8 Å². The molecule has 0 radical (unpaired) electrons. The monoisotopic (exact) mass is 521 g/mol. The summed E-state index contributed by atoms with van der Waals surface area (Å²) in [7, 11) is -2.55. The van der Waals surface area contributed by atoms with Crippen LogP contribution in [0.25, 0.3) is 0 Å². The SMILES string of the molecule is COc1ccc(N(CC(=O)Nc2ccccc2C(=O)N2CCCCC2)S(=O)(=O)c2ccc(C)cc2)cc1. The van der Waals surface area contributed by atoms with Crippen molar-refractivity contribution in [1.82, 2.24) is 4.90 Å². The van der Waals surface area contributed by atoms with Crippen molar-refractivity contribution in [2.45, 2.75) is 31.1 Å². The van der Waals surface area contributed by atoms with E-state index in [4.69, 9.17) is 4.74 Å². The second-order valence-electron chi connectivity index (χ2n) is 8.97. The lowest BCUT2D eigenvalue weighted by molar-refractivity contribution is -0.114. The molecule has 0 bridgehead atoms. The Balaban J connectivity index is 1.61. The molecule has 9 heteroatoms. The molecular formula is C28H31N3O5S. The van der Waals surface area contributed by atoms with Crippen LogP contribution in [0.2, 0.25) is 0 Å². The van der Waals surface area contributed by atoms with Crippen LogP contribution in [-0.4, -0.2) is 51.9 Å². The first-order chi connectivity index (χ1) is 17.8. The lowest BCUT2D eigenvalue weighted by atomic mass is 10.1. The average molecular weight is 522 g/mol. The molecule has 3 aromatic carbocycles. The molecular weight excluding hydrogens is 490 g/mol. The number of nitrogens with one attached hydrogen (secondary N) is 1. The Hall–Kier alpha value is -3.85. The molecule has 0 unspecified atom stereocenters. The molecule has 1 aliphatic heterocycles. The van der Waals surface area contributed by atoms with Crippen LogP contribution in [0, 0.1) is 6.92 Å². The Kier molecular flexibility index (Phi) is 8.13. The molecule has 0 atom stereocenters. The summed E-state index contributed by atoms with van der Waals surface area (Å²) in [4.78, 5) is 28.2. The third-order valence-electron chi connectivity index (χ3n) is 6.33. The number of para-hydroxylation sites is 1. The summed E-state index contributed by atoms with van der Waals surface area (Å²) in [6.07, 6.45) is 3.00. The maximum absolute atomic E-state index is 13.6. The molecule has 4 rings (SSSR count). The van der Waals surface area contributed by atoms with Crippen molar-refractivity contribution in [1.29, 1.82) is 0 Å². The quantitative estimate of drug-likeness (QED) is 0.472. The number of hydrogen-bond donors (Lipinski definition) is 1. The molecule has 1 fully saturated rings. The van der Waals surface area contributed by atoms with E-state index in [9.17, 15) is 18.0 Å². The first-order valence-corrected chi connectivity index (χ1v) is 13.7. The van der Waals surface area contributed by atoms with Gasteiger partial charge in [-0.2, -0.15) is 0 Å². The average Bonchev–Trinajstić information content (AvgIpc) is 2.92. The summed E-state index contributed by atoms with van der Waals surface area (Å²) in [5.41, 5.74) is 1.97. The Morgan fingerprint density at radius 1 is 0.919 bits per heavy atom. The number of carbonyl (C=O) groups is 2. The first kappa shape index (κ1) is 26.2. The molecule has 37 heavy (non-hydrogen) atoms. The Labute approximate surface area is 217 Å². The molecule has 1 N–H and O–H groups in total. The van der Waals surface area contributed by atoms with Gasteiger partial charge in [-0.3, -0.25) is 13.9 Å². The molecule has 1 saturated heterocycles. The third-order valence-corrected chi connectivity index (χ3v) is 8.12. The van der Waals surface area contributed by atoms with Gasteiger partial charge in [-0.15, -0.1) is 0 Å². The number of ether oxygens (including phenoxy) is 1. The molecule has 3 aromatic rings. The number of sulfonamides is 1. The maximum Gasteiger partial charge on any atom is 0.264 e. The number of nitrogens with zero attached hydrogens (tertiary/aromatic N) is 2. The van der Waals surface area contributed by atoms with Gasteiger partial charge < -0.3 is 15.0 Å². The Bertz CT molecular complexity index is 1350. The van der Waals surface area contributed by atoms with Crippen molar-refractivity contribution < 1.29 is 22.7 Å². The summed E-state index contributed by atoms with van der Waals surface area (Å²) in [5.74, 6) is -0.147. The van der Waals surface area contributed by atoms with E-state index in [2.05, 4.69) is 5.32 Å². The number of piperidine rings is 1. The van der Waals surface area contributed by atoms with Crippen LogP contribution in [0.1, 0.15) is 35.2 Å². The molecule has 0 aromatic heterocycles. The third kappa shape index (κ3) is 6.11. The highest BCUT2D eigenvalue weighted by Gasteiger charge is 2.28. The van der Waals surface area contributed by atoms with E-state index in [-0.39, 0.29) is 10.8 Å². The van der Waals surface area contributed by atoms with Crippen LogP contribution in [0.4, 0.5) is 11.4 Å². The number of amides is 2. The van der Waals surface area contributed by atoms with Crippen molar-refractivity contribution >= 4 is 33.2 Å². The molecule has 8 nitrogen and oxygen atoms in total. The molecule has 1 aliphatic rings. The van der Waals surface area contributed by atoms with Crippen molar-refractivity contribution in [2.75, 3.05) is 36.4 Å². The number of benzene rings is 3. The van der Waals surface area contributed by atoms with E-state index in [1.807, 2.05) is 6.92 Å². The van der Waals surface area contributed by atoms with E-state index in [1.165, 1.54) is 19.2 Å². The molecule has 0 spiro atoms. The summed E-state index contributed by atoms with van der Waals surface area (Å²) >= 11 is 0. The maximum atomic E-state index is 13.6. The smallest absolute Gasteiger partial charge is 0.264 e. The summed E-state index contributed by atoms with van der Waals surface area (Å²) in [6, 6.07) is 19.7. The summed E-state index contributed by atoms with van der Waals surface area (Å²) in [5, 5.41) is 2.77. The second-order valence-corrected chi connectivity index (χ2v) is 10.8. The van der Waals surface area contributed by atoms with Gasteiger partial charge in [0.05, 0.1) is 28.9 Å². The van der Waals surface area contributed by atoms with Gasteiger partial charge in [-0.05, 0) is 74.7 Å². The van der Waals surface area contributed by atoms with Crippen LogP contribution < -0.4 is 14.4 Å². The number of aryl methyl sites for hydroxylation is 1. The summed E-state index contributed by atoms with van der Waals surface area (Å²) in [6.45, 7) is 2.75. The number of anilines is 2. The standard InChI is InChI=1S/C28H31N3O5S/c1-21-10-16-24(17-11-21)37(34,35)31(22-12-14-23(36-2)15-13-22)20-27(32)29-26-9-5-4-8-25(26)28(33)30-18-6-3-7-19-30/h4-5,8-17H,3,6-7,18-20H2,1-2H3,(H,29,32). The first-order valence-electron chi connectivity index (χ1n) is 12.2. The van der Waals surface area contributed by atoms with Crippen molar-refractivity contribution in [3.8, 4) is 5.75 Å². The lowest BCUT2D eigenvalue weighted by Gasteiger charge is -2.28. The highest BCUT2D eigenvalue weighted by atomic mass is 32.2. The number of methoxy groups -OCH3 is 1.